The van der Waals surface area contributed by atoms with Crippen LogP contribution in [0.4, 0.5) is 0 Å². The number of carbonyl (C=O) groups excluding carboxylic acids is 1. The first-order valence-corrected chi connectivity index (χ1v) is 10.1. The molecule has 1 aromatic heterocycles. The molecule has 2 aromatic rings. The van der Waals surface area contributed by atoms with Crippen LogP contribution in [0.15, 0.2) is 29.4 Å². The van der Waals surface area contributed by atoms with Crippen LogP contribution >= 0.6 is 11.8 Å². The SMILES string of the molecule is CCn1c(SCC(=O)N2CCC[C@@H](C)C2)nnc1-c1ccc(OC)cc1. The number of ether oxygens (including phenoxy) is 1. The number of methoxy groups -OCH3 is 1. The van der Waals surface area contributed by atoms with E-state index in [0.29, 0.717) is 11.7 Å². The molecule has 26 heavy (non-hydrogen) atoms. The summed E-state index contributed by atoms with van der Waals surface area (Å²) >= 11 is 1.47. The molecular weight excluding hydrogens is 348 g/mol. The summed E-state index contributed by atoms with van der Waals surface area (Å²) in [5, 5.41) is 9.44. The van der Waals surface area contributed by atoms with Crippen LogP contribution in [0.2, 0.25) is 0 Å². The molecule has 7 heteroatoms. The summed E-state index contributed by atoms with van der Waals surface area (Å²) < 4.78 is 7.26. The molecule has 0 saturated carbocycles. The summed E-state index contributed by atoms with van der Waals surface area (Å²) in [6, 6.07) is 7.78. The van der Waals surface area contributed by atoms with Gasteiger partial charge in [-0.25, -0.2) is 0 Å². The highest BCUT2D eigenvalue weighted by Gasteiger charge is 2.22. The second kappa shape index (κ2) is 8.58. The molecule has 2 heterocycles. The minimum atomic E-state index is 0.193. The second-order valence-electron chi connectivity index (χ2n) is 6.65. The van der Waals surface area contributed by atoms with Crippen molar-refractivity contribution in [3.63, 3.8) is 0 Å². The van der Waals surface area contributed by atoms with Gasteiger partial charge in [0, 0.05) is 25.2 Å². The van der Waals surface area contributed by atoms with Gasteiger partial charge in [0.2, 0.25) is 5.91 Å². The first kappa shape index (κ1) is 18.8. The minimum absolute atomic E-state index is 0.193. The Labute approximate surface area is 158 Å². The van der Waals surface area contributed by atoms with Gasteiger partial charge in [0.25, 0.3) is 0 Å². The molecule has 1 aliphatic rings. The number of aromatic nitrogens is 3. The number of likely N-dealkylation sites (tertiary alicyclic amines) is 1. The van der Waals surface area contributed by atoms with Gasteiger partial charge in [-0.15, -0.1) is 10.2 Å². The molecule has 0 spiro atoms. The number of benzene rings is 1. The first-order valence-electron chi connectivity index (χ1n) is 9.10. The van der Waals surface area contributed by atoms with E-state index in [4.69, 9.17) is 4.74 Å². The van der Waals surface area contributed by atoms with Crippen LogP contribution in [0.1, 0.15) is 26.7 Å². The van der Waals surface area contributed by atoms with Crippen LogP contribution in [0, 0.1) is 5.92 Å². The fourth-order valence-electron chi connectivity index (χ4n) is 3.27. The Hall–Kier alpha value is -2.02. The zero-order valence-corrected chi connectivity index (χ0v) is 16.5. The molecule has 1 fully saturated rings. The molecule has 0 unspecified atom stereocenters. The number of piperidine rings is 1. The van der Waals surface area contributed by atoms with Crippen LogP contribution < -0.4 is 4.74 Å². The van der Waals surface area contributed by atoms with Crippen molar-refractivity contribution in [1.29, 1.82) is 0 Å². The molecule has 0 bridgehead atoms. The van der Waals surface area contributed by atoms with Crippen molar-refractivity contribution in [2.75, 3.05) is 26.0 Å². The second-order valence-corrected chi connectivity index (χ2v) is 7.60. The molecule has 1 aliphatic heterocycles. The third-order valence-electron chi connectivity index (χ3n) is 4.72. The van der Waals surface area contributed by atoms with E-state index in [1.54, 1.807) is 7.11 Å². The maximum atomic E-state index is 12.5. The number of hydrogen-bond acceptors (Lipinski definition) is 5. The molecular formula is C19H26N4O2S. The van der Waals surface area contributed by atoms with E-state index in [9.17, 15) is 4.79 Å². The van der Waals surface area contributed by atoms with Crippen molar-refractivity contribution < 1.29 is 9.53 Å². The summed E-state index contributed by atoms with van der Waals surface area (Å²) in [4.78, 5) is 14.5. The highest BCUT2D eigenvalue weighted by atomic mass is 32.2. The zero-order valence-electron chi connectivity index (χ0n) is 15.6. The third-order valence-corrected chi connectivity index (χ3v) is 5.67. The van der Waals surface area contributed by atoms with E-state index in [1.165, 1.54) is 18.2 Å². The number of thioether (sulfide) groups is 1. The smallest absolute Gasteiger partial charge is 0.233 e. The number of carbonyl (C=O) groups is 1. The van der Waals surface area contributed by atoms with E-state index < -0.39 is 0 Å². The average Bonchev–Trinajstić information content (AvgIpc) is 3.09. The van der Waals surface area contributed by atoms with Crippen LogP contribution in [-0.2, 0) is 11.3 Å². The van der Waals surface area contributed by atoms with Crippen molar-refractivity contribution in [1.82, 2.24) is 19.7 Å². The fraction of sp³-hybridized carbons (Fsp3) is 0.526. The van der Waals surface area contributed by atoms with Crippen molar-refractivity contribution in [2.24, 2.45) is 5.92 Å². The van der Waals surface area contributed by atoms with Crippen molar-refractivity contribution in [3.05, 3.63) is 24.3 Å². The van der Waals surface area contributed by atoms with Gasteiger partial charge in [0.05, 0.1) is 12.9 Å². The van der Waals surface area contributed by atoms with Crippen LogP contribution in [0.5, 0.6) is 5.75 Å². The van der Waals surface area contributed by atoms with Crippen molar-refractivity contribution >= 4 is 17.7 Å². The molecule has 1 atom stereocenters. The third kappa shape index (κ3) is 4.20. The Morgan fingerprint density at radius 1 is 1.31 bits per heavy atom. The number of amides is 1. The number of nitrogens with zero attached hydrogens (tertiary/aromatic N) is 4. The maximum Gasteiger partial charge on any atom is 0.233 e. The quantitative estimate of drug-likeness (QED) is 0.726. The van der Waals surface area contributed by atoms with E-state index in [0.717, 1.165) is 48.3 Å². The highest BCUT2D eigenvalue weighted by Crippen LogP contribution is 2.26. The lowest BCUT2D eigenvalue weighted by atomic mass is 10.0. The van der Waals surface area contributed by atoms with Gasteiger partial charge < -0.3 is 14.2 Å². The van der Waals surface area contributed by atoms with Gasteiger partial charge in [-0.05, 0) is 49.9 Å². The molecule has 0 radical (unpaired) electrons. The molecule has 140 valence electrons. The monoisotopic (exact) mass is 374 g/mol. The number of hydrogen-bond donors (Lipinski definition) is 0. The number of rotatable bonds is 6. The highest BCUT2D eigenvalue weighted by molar-refractivity contribution is 7.99. The molecule has 1 aromatic carbocycles. The van der Waals surface area contributed by atoms with E-state index in [-0.39, 0.29) is 5.91 Å². The van der Waals surface area contributed by atoms with Gasteiger partial charge in [-0.3, -0.25) is 4.79 Å². The molecule has 6 nitrogen and oxygen atoms in total. The lowest BCUT2D eigenvalue weighted by Gasteiger charge is -2.30. The maximum absolute atomic E-state index is 12.5. The molecule has 0 aliphatic carbocycles. The van der Waals surface area contributed by atoms with Crippen molar-refractivity contribution in [3.8, 4) is 17.1 Å². The summed E-state index contributed by atoms with van der Waals surface area (Å²) in [6.07, 6.45) is 2.32. The summed E-state index contributed by atoms with van der Waals surface area (Å²) in [5.74, 6) is 2.83. The van der Waals surface area contributed by atoms with Crippen LogP contribution in [0.3, 0.4) is 0 Å². The Balaban J connectivity index is 1.68. The summed E-state index contributed by atoms with van der Waals surface area (Å²) in [7, 11) is 1.65. The summed E-state index contributed by atoms with van der Waals surface area (Å²) in [5.41, 5.74) is 0.989. The van der Waals surface area contributed by atoms with Crippen LogP contribution in [0.25, 0.3) is 11.4 Å². The average molecular weight is 375 g/mol. The lowest BCUT2D eigenvalue weighted by molar-refractivity contribution is -0.130. The van der Waals surface area contributed by atoms with Gasteiger partial charge >= 0.3 is 0 Å². The Morgan fingerprint density at radius 3 is 2.73 bits per heavy atom. The molecule has 1 saturated heterocycles. The Morgan fingerprint density at radius 2 is 2.08 bits per heavy atom. The van der Waals surface area contributed by atoms with E-state index in [1.807, 2.05) is 29.2 Å². The molecule has 3 rings (SSSR count). The fourth-order valence-corrected chi connectivity index (χ4v) is 4.17. The molecule has 0 N–H and O–H groups in total. The normalized spacial score (nSPS) is 17.3. The minimum Gasteiger partial charge on any atom is -0.497 e. The van der Waals surface area contributed by atoms with Gasteiger partial charge in [-0.1, -0.05) is 18.7 Å². The molecule has 1 amide bonds. The predicted octanol–water partition coefficient (Wildman–Crippen LogP) is 3.32. The topological polar surface area (TPSA) is 60.2 Å². The van der Waals surface area contributed by atoms with E-state index in [2.05, 4.69) is 28.6 Å². The largest absolute Gasteiger partial charge is 0.497 e. The Kier molecular flexibility index (Phi) is 6.19. The lowest BCUT2D eigenvalue weighted by Crippen LogP contribution is -2.40. The van der Waals surface area contributed by atoms with Gasteiger partial charge in [0.15, 0.2) is 11.0 Å². The Bertz CT molecular complexity index is 744. The summed E-state index contributed by atoms with van der Waals surface area (Å²) in [6.45, 7) is 6.78. The van der Waals surface area contributed by atoms with Crippen molar-refractivity contribution in [2.45, 2.75) is 38.4 Å². The standard InChI is InChI=1S/C19H26N4O2S/c1-4-23-18(15-7-9-16(25-3)10-8-15)20-21-19(23)26-13-17(24)22-11-5-6-14(2)12-22/h7-10,14H,4-6,11-13H2,1-3H3/t14-/m1/s1. The zero-order chi connectivity index (χ0) is 18.5. The predicted molar refractivity (Wildman–Crippen MR) is 103 cm³/mol. The van der Waals surface area contributed by atoms with Crippen LogP contribution in [-0.4, -0.2) is 51.5 Å². The first-order chi connectivity index (χ1) is 12.6. The van der Waals surface area contributed by atoms with E-state index >= 15 is 0 Å². The van der Waals surface area contributed by atoms with Gasteiger partial charge in [0.1, 0.15) is 5.75 Å². The van der Waals surface area contributed by atoms with Gasteiger partial charge in [-0.2, -0.15) is 0 Å².